The first-order valence-electron chi connectivity index (χ1n) is 14.5. The molecule has 0 bridgehead atoms. The van der Waals surface area contributed by atoms with E-state index in [0.29, 0.717) is 25.8 Å². The van der Waals surface area contributed by atoms with Gasteiger partial charge in [0.2, 0.25) is 11.7 Å². The summed E-state index contributed by atoms with van der Waals surface area (Å²) in [4.78, 5) is 56.7. The fourth-order valence-electron chi connectivity index (χ4n) is 8.55. The van der Waals surface area contributed by atoms with Crippen LogP contribution in [0.25, 0.3) is 0 Å². The number of aliphatic hydroxyl groups is 2. The molecule has 3 fully saturated rings. The molecule has 7 atom stereocenters. The SMILES string of the molecule is C[C@]12CCC(=O)C=C1CC[C@@H]1[C@@H]2[C@@H](O)C[C@@]2(C)[C@H]1CC[C@]2(O)C(=O)COC(=O)CCC(=O)NCCc1cnc[nH]1. The summed E-state index contributed by atoms with van der Waals surface area (Å²) in [5, 5.41) is 26.0. The molecule has 218 valence electrons. The van der Waals surface area contributed by atoms with Crippen LogP contribution < -0.4 is 5.32 Å². The number of ether oxygens (including phenoxy) is 1. The number of aromatic nitrogens is 2. The van der Waals surface area contributed by atoms with Gasteiger partial charge in [0, 0.05) is 43.1 Å². The molecule has 0 saturated heterocycles. The number of rotatable bonds is 9. The molecule has 3 saturated carbocycles. The van der Waals surface area contributed by atoms with E-state index in [1.54, 1.807) is 18.6 Å². The Kier molecular flexibility index (Phi) is 7.78. The Morgan fingerprint density at radius 2 is 1.98 bits per heavy atom. The molecule has 5 rings (SSSR count). The predicted molar refractivity (Wildman–Crippen MR) is 144 cm³/mol. The van der Waals surface area contributed by atoms with Gasteiger partial charge in [-0.15, -0.1) is 0 Å². The number of hydrogen-bond donors (Lipinski definition) is 4. The lowest BCUT2D eigenvalue weighted by molar-refractivity contribution is -0.184. The number of amides is 1. The van der Waals surface area contributed by atoms with Crippen molar-refractivity contribution in [3.8, 4) is 0 Å². The maximum absolute atomic E-state index is 13.4. The third-order valence-electron chi connectivity index (χ3n) is 10.7. The van der Waals surface area contributed by atoms with E-state index in [4.69, 9.17) is 4.74 Å². The zero-order chi connectivity index (χ0) is 28.7. The van der Waals surface area contributed by atoms with E-state index in [2.05, 4.69) is 22.2 Å². The first-order valence-corrected chi connectivity index (χ1v) is 14.5. The third kappa shape index (κ3) is 4.93. The molecule has 4 aliphatic carbocycles. The lowest BCUT2D eigenvalue weighted by Gasteiger charge is -2.60. The van der Waals surface area contributed by atoms with Crippen molar-refractivity contribution in [2.75, 3.05) is 13.2 Å². The minimum Gasteiger partial charge on any atom is -0.458 e. The molecule has 0 unspecified atom stereocenters. The van der Waals surface area contributed by atoms with Gasteiger partial charge in [-0.25, -0.2) is 4.98 Å². The average molecular weight is 556 g/mol. The van der Waals surface area contributed by atoms with Gasteiger partial charge < -0.3 is 25.3 Å². The monoisotopic (exact) mass is 555 g/mol. The van der Waals surface area contributed by atoms with Gasteiger partial charge in [-0.05, 0) is 67.8 Å². The van der Waals surface area contributed by atoms with Gasteiger partial charge in [0.15, 0.2) is 12.4 Å². The largest absolute Gasteiger partial charge is 0.458 e. The van der Waals surface area contributed by atoms with Gasteiger partial charge in [-0.2, -0.15) is 0 Å². The molecule has 0 spiro atoms. The summed E-state index contributed by atoms with van der Waals surface area (Å²) in [6.45, 7) is 3.91. The Morgan fingerprint density at radius 3 is 2.73 bits per heavy atom. The van der Waals surface area contributed by atoms with Gasteiger partial charge in [-0.1, -0.05) is 19.4 Å². The van der Waals surface area contributed by atoms with Crippen LogP contribution in [0.2, 0.25) is 0 Å². The van der Waals surface area contributed by atoms with E-state index >= 15 is 0 Å². The summed E-state index contributed by atoms with van der Waals surface area (Å²) >= 11 is 0. The number of nitrogens with one attached hydrogen (secondary N) is 2. The molecule has 4 aliphatic rings. The normalized spacial score (nSPS) is 36.6. The van der Waals surface area contributed by atoms with Crippen LogP contribution in [-0.4, -0.2) is 68.5 Å². The summed E-state index contributed by atoms with van der Waals surface area (Å²) in [6, 6.07) is 0. The van der Waals surface area contributed by atoms with Gasteiger partial charge >= 0.3 is 5.97 Å². The number of carbonyl (C=O) groups excluding carboxylic acids is 4. The Labute approximate surface area is 234 Å². The first-order chi connectivity index (χ1) is 19.0. The number of H-pyrrole nitrogens is 1. The number of fused-ring (bicyclic) bond motifs is 5. The van der Waals surface area contributed by atoms with Crippen LogP contribution in [0.1, 0.15) is 77.3 Å². The second-order valence-corrected chi connectivity index (χ2v) is 12.7. The Balaban J connectivity index is 1.16. The molecule has 0 radical (unpaired) electrons. The van der Waals surface area contributed by atoms with E-state index in [9.17, 15) is 29.4 Å². The number of nitrogens with zero attached hydrogens (tertiary/aromatic N) is 1. The number of imidazole rings is 1. The Hall–Kier alpha value is -2.85. The fourth-order valence-corrected chi connectivity index (χ4v) is 8.55. The number of esters is 1. The van der Waals surface area contributed by atoms with Crippen molar-refractivity contribution in [2.24, 2.45) is 28.6 Å². The summed E-state index contributed by atoms with van der Waals surface area (Å²) in [7, 11) is 0. The van der Waals surface area contributed by atoms with E-state index < -0.39 is 35.5 Å². The highest BCUT2D eigenvalue weighted by Crippen LogP contribution is 2.67. The molecule has 0 aliphatic heterocycles. The van der Waals surface area contributed by atoms with Crippen LogP contribution in [0.15, 0.2) is 24.2 Å². The number of ketones is 2. The maximum Gasteiger partial charge on any atom is 0.306 e. The van der Waals surface area contributed by atoms with Gasteiger partial charge in [0.1, 0.15) is 5.60 Å². The molecular weight excluding hydrogens is 514 g/mol. The predicted octanol–water partition coefficient (Wildman–Crippen LogP) is 2.19. The Morgan fingerprint density at radius 1 is 1.18 bits per heavy atom. The van der Waals surface area contributed by atoms with Crippen molar-refractivity contribution in [1.29, 1.82) is 0 Å². The lowest BCUT2D eigenvalue weighted by atomic mass is 9.45. The second kappa shape index (κ2) is 10.9. The van der Waals surface area contributed by atoms with E-state index in [0.717, 1.165) is 30.5 Å². The standard InChI is InChI=1S/C30H41N3O7/c1-28-10-7-20(34)13-18(28)3-4-21-22-8-11-30(39,29(22,2)14-23(35)27(21)28)24(36)16-40-26(38)6-5-25(37)32-12-9-19-15-31-17-33-19/h13,15,17,21-23,27,35,39H,3-12,14,16H2,1-2H3,(H,31,33)(H,32,37)/t21-,22-,23-,27+,28-,29-,30-/m0/s1. The van der Waals surface area contributed by atoms with Gasteiger partial charge in [0.05, 0.1) is 18.9 Å². The van der Waals surface area contributed by atoms with Crippen molar-refractivity contribution in [1.82, 2.24) is 15.3 Å². The molecule has 40 heavy (non-hydrogen) atoms. The molecule has 1 heterocycles. The van der Waals surface area contributed by atoms with E-state index in [-0.39, 0.29) is 60.5 Å². The van der Waals surface area contributed by atoms with Crippen molar-refractivity contribution < 1.29 is 34.1 Å². The van der Waals surface area contributed by atoms with Gasteiger partial charge in [-0.3, -0.25) is 19.2 Å². The molecule has 0 aromatic carbocycles. The number of aliphatic hydroxyl groups excluding tert-OH is 1. The number of carbonyl (C=O) groups is 4. The number of aromatic amines is 1. The smallest absolute Gasteiger partial charge is 0.306 e. The topological polar surface area (TPSA) is 159 Å². The zero-order valence-electron chi connectivity index (χ0n) is 23.4. The minimum absolute atomic E-state index is 0.0143. The first kappa shape index (κ1) is 28.7. The molecule has 4 N–H and O–H groups in total. The molecular formula is C30H41N3O7. The summed E-state index contributed by atoms with van der Waals surface area (Å²) in [5.74, 6) is -1.18. The maximum atomic E-state index is 13.4. The van der Waals surface area contributed by atoms with Crippen LogP contribution >= 0.6 is 0 Å². The van der Waals surface area contributed by atoms with Crippen LogP contribution in [0.4, 0.5) is 0 Å². The number of allylic oxidation sites excluding steroid dienone is 1. The summed E-state index contributed by atoms with van der Waals surface area (Å²) in [5.41, 5.74) is -0.759. The van der Waals surface area contributed by atoms with E-state index in [1.807, 2.05) is 6.92 Å². The highest BCUT2D eigenvalue weighted by molar-refractivity contribution is 5.92. The van der Waals surface area contributed by atoms with Crippen LogP contribution in [-0.2, 0) is 30.3 Å². The Bertz CT molecular complexity index is 1200. The number of hydrogen-bond acceptors (Lipinski definition) is 8. The molecule has 10 heteroatoms. The highest BCUT2D eigenvalue weighted by Gasteiger charge is 2.68. The average Bonchev–Trinajstić information content (AvgIpc) is 3.52. The minimum atomic E-state index is -1.70. The third-order valence-corrected chi connectivity index (χ3v) is 10.7. The molecule has 1 amide bonds. The van der Waals surface area contributed by atoms with E-state index in [1.165, 1.54) is 0 Å². The van der Waals surface area contributed by atoms with Crippen LogP contribution in [0.3, 0.4) is 0 Å². The van der Waals surface area contributed by atoms with Crippen molar-refractivity contribution >= 4 is 23.4 Å². The molecule has 10 nitrogen and oxygen atoms in total. The van der Waals surface area contributed by atoms with Crippen molar-refractivity contribution in [2.45, 2.75) is 89.8 Å². The van der Waals surface area contributed by atoms with Crippen LogP contribution in [0.5, 0.6) is 0 Å². The quantitative estimate of drug-likeness (QED) is 0.338. The molecule has 1 aromatic heterocycles. The van der Waals surface area contributed by atoms with Crippen LogP contribution in [0, 0.1) is 28.6 Å². The molecule has 1 aromatic rings. The van der Waals surface area contributed by atoms with Gasteiger partial charge in [0.25, 0.3) is 0 Å². The second-order valence-electron chi connectivity index (χ2n) is 12.7. The lowest BCUT2D eigenvalue weighted by Crippen LogP contribution is -2.62. The fraction of sp³-hybridized carbons (Fsp3) is 0.700. The summed E-state index contributed by atoms with van der Waals surface area (Å²) in [6.07, 6.45) is 8.71. The number of Topliss-reactive ketones (excluding diaryl/α,β-unsaturated/α-hetero) is 1. The highest BCUT2D eigenvalue weighted by atomic mass is 16.5. The van der Waals surface area contributed by atoms with Crippen molar-refractivity contribution in [3.05, 3.63) is 29.9 Å². The summed E-state index contributed by atoms with van der Waals surface area (Å²) < 4.78 is 5.21. The zero-order valence-corrected chi connectivity index (χ0v) is 23.4. The van der Waals surface area contributed by atoms with Crippen molar-refractivity contribution in [3.63, 3.8) is 0 Å².